The summed E-state index contributed by atoms with van der Waals surface area (Å²) in [5.41, 5.74) is 0.209. The highest BCUT2D eigenvalue weighted by Crippen LogP contribution is 2.26. The summed E-state index contributed by atoms with van der Waals surface area (Å²) in [7, 11) is -3.99. The van der Waals surface area contributed by atoms with E-state index in [2.05, 4.69) is 9.71 Å². The van der Waals surface area contributed by atoms with Crippen LogP contribution in [-0.4, -0.2) is 13.4 Å². The first-order valence-corrected chi connectivity index (χ1v) is 8.67. The number of H-pyrrole nitrogens is 1. The van der Waals surface area contributed by atoms with Gasteiger partial charge >= 0.3 is 0 Å². The number of anilines is 1. The van der Waals surface area contributed by atoms with Crippen molar-refractivity contribution in [3.63, 3.8) is 0 Å². The summed E-state index contributed by atoms with van der Waals surface area (Å²) in [5.74, 6) is -1.14. The smallest absolute Gasteiger partial charge is 0.264 e. The third kappa shape index (κ3) is 2.80. The van der Waals surface area contributed by atoms with Crippen LogP contribution in [0.25, 0.3) is 10.9 Å². The summed E-state index contributed by atoms with van der Waals surface area (Å²) in [6, 6.07) is 7.89. The zero-order valence-corrected chi connectivity index (χ0v) is 13.9. The van der Waals surface area contributed by atoms with E-state index in [1.54, 1.807) is 6.07 Å². The molecular weight excluding hydrogens is 425 g/mol. The zero-order valence-electron chi connectivity index (χ0n) is 10.9. The number of benzene rings is 2. The summed E-state index contributed by atoms with van der Waals surface area (Å²) in [6.07, 6.45) is 1.25. The Kier molecular flexibility index (Phi) is 3.81. The Morgan fingerprint density at radius 2 is 1.86 bits per heavy atom. The average molecular weight is 434 g/mol. The summed E-state index contributed by atoms with van der Waals surface area (Å²) in [6.45, 7) is 0. The molecule has 0 atom stereocenters. The minimum Gasteiger partial charge on any atom is -0.360 e. The number of rotatable bonds is 3. The van der Waals surface area contributed by atoms with Gasteiger partial charge in [-0.1, -0.05) is 0 Å². The predicted molar refractivity (Wildman–Crippen MR) is 88.2 cm³/mol. The molecule has 0 unspecified atom stereocenters. The van der Waals surface area contributed by atoms with Gasteiger partial charge in [-0.2, -0.15) is 0 Å². The van der Waals surface area contributed by atoms with E-state index in [0.29, 0.717) is 14.5 Å². The molecule has 114 valence electrons. The fourth-order valence-corrected chi connectivity index (χ4v) is 3.77. The Labute approximate surface area is 138 Å². The van der Waals surface area contributed by atoms with Crippen LogP contribution in [0.1, 0.15) is 0 Å². The van der Waals surface area contributed by atoms with Crippen LogP contribution in [-0.2, 0) is 10.0 Å². The lowest BCUT2D eigenvalue weighted by molar-refractivity contribution is 0.599. The first kappa shape index (κ1) is 15.2. The molecule has 0 radical (unpaired) electrons. The van der Waals surface area contributed by atoms with Gasteiger partial charge in [0.05, 0.1) is 5.69 Å². The standard InChI is InChI=1S/C14H9F2IN2O2S/c15-8-1-3-10-13(5-8)18-7-14(10)22(20,21)19-12-4-2-9(17)6-11(12)16/h1-7,18-19H. The second kappa shape index (κ2) is 5.51. The van der Waals surface area contributed by atoms with Gasteiger partial charge in [0.25, 0.3) is 10.0 Å². The molecule has 2 aromatic carbocycles. The Morgan fingerprint density at radius 3 is 2.59 bits per heavy atom. The van der Waals surface area contributed by atoms with Gasteiger partial charge < -0.3 is 4.98 Å². The van der Waals surface area contributed by atoms with Gasteiger partial charge in [0.15, 0.2) is 0 Å². The molecule has 3 rings (SSSR count). The number of hydrogen-bond donors (Lipinski definition) is 2. The van der Waals surface area contributed by atoms with Crippen molar-refractivity contribution in [1.82, 2.24) is 4.98 Å². The monoisotopic (exact) mass is 434 g/mol. The van der Waals surface area contributed by atoms with Gasteiger partial charge in [0.2, 0.25) is 0 Å². The lowest BCUT2D eigenvalue weighted by Crippen LogP contribution is -2.13. The second-order valence-electron chi connectivity index (χ2n) is 4.57. The fraction of sp³-hybridized carbons (Fsp3) is 0. The summed E-state index contributed by atoms with van der Waals surface area (Å²) >= 11 is 1.93. The maximum absolute atomic E-state index is 13.8. The van der Waals surface area contributed by atoms with Crippen LogP contribution in [0.15, 0.2) is 47.5 Å². The minimum atomic E-state index is -3.99. The van der Waals surface area contributed by atoms with Crippen molar-refractivity contribution < 1.29 is 17.2 Å². The van der Waals surface area contributed by atoms with Gasteiger partial charge in [-0.25, -0.2) is 17.2 Å². The lowest BCUT2D eigenvalue weighted by atomic mass is 10.2. The van der Waals surface area contributed by atoms with E-state index in [-0.39, 0.29) is 10.6 Å². The molecule has 8 heteroatoms. The maximum atomic E-state index is 13.8. The second-order valence-corrected chi connectivity index (χ2v) is 7.47. The van der Waals surface area contributed by atoms with Gasteiger partial charge in [0, 0.05) is 20.7 Å². The Hall–Kier alpha value is -1.68. The van der Waals surface area contributed by atoms with Crippen LogP contribution in [0.4, 0.5) is 14.5 Å². The maximum Gasteiger partial charge on any atom is 0.264 e. The van der Waals surface area contributed by atoms with Gasteiger partial charge in [-0.3, -0.25) is 4.72 Å². The van der Waals surface area contributed by atoms with E-state index in [0.717, 1.165) is 0 Å². The SMILES string of the molecule is O=S(=O)(Nc1ccc(I)cc1F)c1c[nH]c2cc(F)ccc12. The number of halogens is 3. The van der Waals surface area contributed by atoms with E-state index in [1.807, 2.05) is 22.6 Å². The third-order valence-corrected chi connectivity index (χ3v) is 5.15. The molecular formula is C14H9F2IN2O2S. The molecule has 0 amide bonds. The number of aromatic amines is 1. The first-order valence-electron chi connectivity index (χ1n) is 6.11. The molecule has 0 aliphatic heterocycles. The van der Waals surface area contributed by atoms with Gasteiger partial charge in [0.1, 0.15) is 16.5 Å². The van der Waals surface area contributed by atoms with E-state index in [9.17, 15) is 17.2 Å². The van der Waals surface area contributed by atoms with E-state index in [4.69, 9.17) is 0 Å². The summed E-state index contributed by atoms with van der Waals surface area (Å²) < 4.78 is 54.6. The molecule has 0 saturated carbocycles. The molecule has 0 fully saturated rings. The van der Waals surface area contributed by atoms with E-state index >= 15 is 0 Å². The number of aromatic nitrogens is 1. The number of hydrogen-bond acceptors (Lipinski definition) is 2. The van der Waals surface area contributed by atoms with Crippen LogP contribution in [0.3, 0.4) is 0 Å². The predicted octanol–water partition coefficient (Wildman–Crippen LogP) is 3.85. The van der Waals surface area contributed by atoms with Crippen molar-refractivity contribution in [2.24, 2.45) is 0 Å². The van der Waals surface area contributed by atoms with Crippen molar-refractivity contribution in [3.8, 4) is 0 Å². The van der Waals surface area contributed by atoms with E-state index < -0.39 is 21.7 Å². The Morgan fingerprint density at radius 1 is 1.09 bits per heavy atom. The molecule has 3 aromatic rings. The van der Waals surface area contributed by atoms with Crippen LogP contribution in [0.5, 0.6) is 0 Å². The number of fused-ring (bicyclic) bond motifs is 1. The number of sulfonamides is 1. The van der Waals surface area contributed by atoms with Crippen molar-refractivity contribution in [2.75, 3.05) is 4.72 Å². The molecule has 0 saturated heterocycles. The molecule has 1 aromatic heterocycles. The molecule has 2 N–H and O–H groups in total. The minimum absolute atomic E-state index is 0.0690. The van der Waals surface area contributed by atoms with Crippen LogP contribution >= 0.6 is 22.6 Å². The summed E-state index contributed by atoms with van der Waals surface area (Å²) in [4.78, 5) is 2.62. The highest BCUT2D eigenvalue weighted by molar-refractivity contribution is 14.1. The Balaban J connectivity index is 2.05. The van der Waals surface area contributed by atoms with E-state index in [1.165, 1.54) is 36.5 Å². The van der Waals surface area contributed by atoms with Crippen LogP contribution in [0.2, 0.25) is 0 Å². The van der Waals surface area contributed by atoms with Gasteiger partial charge in [-0.05, 0) is 59.0 Å². The Bertz CT molecular complexity index is 970. The highest BCUT2D eigenvalue weighted by Gasteiger charge is 2.20. The highest BCUT2D eigenvalue weighted by atomic mass is 127. The van der Waals surface area contributed by atoms with Crippen molar-refractivity contribution in [3.05, 3.63) is 57.8 Å². The third-order valence-electron chi connectivity index (χ3n) is 3.07. The van der Waals surface area contributed by atoms with Crippen molar-refractivity contribution >= 4 is 49.2 Å². The molecule has 0 aliphatic carbocycles. The molecule has 0 aliphatic rings. The molecule has 1 heterocycles. The lowest BCUT2D eigenvalue weighted by Gasteiger charge is -2.08. The number of nitrogens with one attached hydrogen (secondary N) is 2. The zero-order chi connectivity index (χ0) is 15.9. The van der Waals surface area contributed by atoms with Crippen LogP contribution < -0.4 is 4.72 Å². The normalized spacial score (nSPS) is 11.8. The summed E-state index contributed by atoms with van der Waals surface area (Å²) in [5, 5.41) is 0.333. The first-order chi connectivity index (χ1) is 10.4. The fourth-order valence-electron chi connectivity index (χ4n) is 2.07. The average Bonchev–Trinajstić information content (AvgIpc) is 2.85. The largest absolute Gasteiger partial charge is 0.360 e. The molecule has 0 bridgehead atoms. The van der Waals surface area contributed by atoms with Crippen molar-refractivity contribution in [2.45, 2.75) is 4.90 Å². The quantitative estimate of drug-likeness (QED) is 0.616. The molecule has 4 nitrogen and oxygen atoms in total. The van der Waals surface area contributed by atoms with Crippen LogP contribution in [0, 0.1) is 15.2 Å². The topological polar surface area (TPSA) is 62.0 Å². The molecule has 0 spiro atoms. The molecule has 22 heavy (non-hydrogen) atoms. The van der Waals surface area contributed by atoms with Gasteiger partial charge in [-0.15, -0.1) is 0 Å². The van der Waals surface area contributed by atoms with Crippen molar-refractivity contribution in [1.29, 1.82) is 0 Å².